The summed E-state index contributed by atoms with van der Waals surface area (Å²) in [5, 5.41) is 16.1. The number of phenolic OH excluding ortho intramolecular Hbond substituents is 1. The number of carbonyl (C=O) groups is 1. The fraction of sp³-hybridized carbons (Fsp3) is 0.214. The van der Waals surface area contributed by atoms with Gasteiger partial charge in [0.2, 0.25) is 5.91 Å². The molecule has 2 N–H and O–H groups in total. The van der Waals surface area contributed by atoms with Gasteiger partial charge in [0.1, 0.15) is 5.01 Å². The summed E-state index contributed by atoms with van der Waals surface area (Å²) >= 11 is 1.44. The Morgan fingerprint density at radius 1 is 1.57 bits per heavy atom. The number of phenols is 1. The van der Waals surface area contributed by atoms with Gasteiger partial charge in [-0.25, -0.2) is 10.4 Å². The molecule has 0 fully saturated rings. The van der Waals surface area contributed by atoms with Crippen molar-refractivity contribution in [2.45, 2.75) is 13.3 Å². The van der Waals surface area contributed by atoms with Gasteiger partial charge in [-0.1, -0.05) is 0 Å². The quantitative estimate of drug-likeness (QED) is 0.652. The van der Waals surface area contributed by atoms with Crippen LogP contribution in [0.1, 0.15) is 16.3 Å². The molecule has 0 atom stereocenters. The van der Waals surface area contributed by atoms with Gasteiger partial charge in [-0.3, -0.25) is 4.79 Å². The first-order valence-electron chi connectivity index (χ1n) is 6.18. The minimum Gasteiger partial charge on any atom is -0.504 e. The van der Waals surface area contributed by atoms with E-state index in [2.05, 4.69) is 15.5 Å². The first kappa shape index (κ1) is 15.0. The van der Waals surface area contributed by atoms with Gasteiger partial charge in [0, 0.05) is 11.1 Å². The second kappa shape index (κ2) is 6.85. The van der Waals surface area contributed by atoms with E-state index in [-0.39, 0.29) is 18.1 Å². The van der Waals surface area contributed by atoms with Crippen LogP contribution in [-0.4, -0.2) is 29.3 Å². The van der Waals surface area contributed by atoms with Gasteiger partial charge in [-0.2, -0.15) is 5.10 Å². The van der Waals surface area contributed by atoms with Crippen LogP contribution in [0.2, 0.25) is 0 Å². The van der Waals surface area contributed by atoms with Crippen molar-refractivity contribution in [3.63, 3.8) is 0 Å². The number of methoxy groups -OCH3 is 1. The Balaban J connectivity index is 1.89. The molecule has 0 aliphatic heterocycles. The van der Waals surface area contributed by atoms with E-state index < -0.39 is 0 Å². The lowest BCUT2D eigenvalue weighted by atomic mass is 10.2. The molecule has 0 aliphatic carbocycles. The van der Waals surface area contributed by atoms with Crippen molar-refractivity contribution in [3.8, 4) is 11.5 Å². The highest BCUT2D eigenvalue weighted by molar-refractivity contribution is 7.09. The fourth-order valence-electron chi connectivity index (χ4n) is 1.63. The van der Waals surface area contributed by atoms with Crippen LogP contribution in [0.15, 0.2) is 28.7 Å². The van der Waals surface area contributed by atoms with Crippen LogP contribution in [0, 0.1) is 6.92 Å². The van der Waals surface area contributed by atoms with E-state index in [1.807, 2.05) is 12.3 Å². The third-order valence-corrected chi connectivity index (χ3v) is 3.55. The zero-order chi connectivity index (χ0) is 15.2. The standard InChI is InChI=1S/C14H15N3O3S/c1-9-8-21-14(16-9)6-13(19)17-15-7-10-3-4-12(20-2)11(18)5-10/h3-5,7-8,18H,6H2,1-2H3,(H,17,19)/b15-7-. The second-order valence-corrected chi connectivity index (χ2v) is 5.23. The van der Waals surface area contributed by atoms with Crippen molar-refractivity contribution in [1.29, 1.82) is 0 Å². The van der Waals surface area contributed by atoms with Crippen molar-refractivity contribution in [3.05, 3.63) is 39.8 Å². The Morgan fingerprint density at radius 2 is 2.38 bits per heavy atom. The number of amides is 1. The van der Waals surface area contributed by atoms with Gasteiger partial charge in [-0.15, -0.1) is 11.3 Å². The predicted octanol–water partition coefficient (Wildman–Crippen LogP) is 1.86. The third-order valence-electron chi connectivity index (χ3n) is 2.58. The average molecular weight is 305 g/mol. The highest BCUT2D eigenvalue weighted by atomic mass is 32.1. The van der Waals surface area contributed by atoms with E-state index in [4.69, 9.17) is 4.74 Å². The number of thiazole rings is 1. The van der Waals surface area contributed by atoms with Gasteiger partial charge in [0.15, 0.2) is 11.5 Å². The first-order chi connectivity index (χ1) is 10.1. The molecular weight excluding hydrogens is 290 g/mol. The summed E-state index contributed by atoms with van der Waals surface area (Å²) in [6.45, 7) is 1.88. The molecule has 110 valence electrons. The Hall–Kier alpha value is -2.41. The number of nitrogens with zero attached hydrogens (tertiary/aromatic N) is 2. The molecule has 1 amide bonds. The second-order valence-electron chi connectivity index (χ2n) is 4.28. The van der Waals surface area contributed by atoms with Crippen LogP contribution >= 0.6 is 11.3 Å². The Kier molecular flexibility index (Phi) is 4.89. The topological polar surface area (TPSA) is 83.8 Å². The maximum absolute atomic E-state index is 11.7. The highest BCUT2D eigenvalue weighted by Crippen LogP contribution is 2.25. The SMILES string of the molecule is COc1ccc(/C=N\NC(=O)Cc2nc(C)cs2)cc1O. The van der Waals surface area contributed by atoms with Crippen molar-refractivity contribution < 1.29 is 14.6 Å². The number of hydrazone groups is 1. The molecule has 0 spiro atoms. The minimum absolute atomic E-state index is 0.0195. The van der Waals surface area contributed by atoms with Crippen molar-refractivity contribution in [2.24, 2.45) is 5.10 Å². The number of ether oxygens (including phenoxy) is 1. The molecule has 1 heterocycles. The largest absolute Gasteiger partial charge is 0.504 e. The van der Waals surface area contributed by atoms with E-state index in [1.54, 1.807) is 12.1 Å². The fourth-order valence-corrected chi connectivity index (χ4v) is 2.40. The molecule has 0 saturated carbocycles. The molecule has 0 radical (unpaired) electrons. The summed E-state index contributed by atoms with van der Waals surface area (Å²) in [5.41, 5.74) is 3.98. The van der Waals surface area contributed by atoms with Crippen LogP contribution in [-0.2, 0) is 11.2 Å². The van der Waals surface area contributed by atoms with Crippen molar-refractivity contribution >= 4 is 23.5 Å². The van der Waals surface area contributed by atoms with Crippen molar-refractivity contribution in [1.82, 2.24) is 10.4 Å². The van der Waals surface area contributed by atoms with Crippen LogP contribution in [0.3, 0.4) is 0 Å². The molecule has 0 bridgehead atoms. The lowest BCUT2D eigenvalue weighted by molar-refractivity contribution is -0.120. The number of hydrogen-bond donors (Lipinski definition) is 2. The summed E-state index contributed by atoms with van der Waals surface area (Å²) in [4.78, 5) is 15.9. The molecule has 2 aromatic rings. The summed E-state index contributed by atoms with van der Waals surface area (Å²) in [5.74, 6) is 0.166. The smallest absolute Gasteiger partial charge is 0.246 e. The number of rotatable bonds is 5. The van der Waals surface area contributed by atoms with Gasteiger partial charge >= 0.3 is 0 Å². The van der Waals surface area contributed by atoms with Gasteiger partial charge in [-0.05, 0) is 30.7 Å². The van der Waals surface area contributed by atoms with Crippen LogP contribution in [0.25, 0.3) is 0 Å². The summed E-state index contributed by atoms with van der Waals surface area (Å²) < 4.78 is 4.94. The predicted molar refractivity (Wildman–Crippen MR) is 81.0 cm³/mol. The third kappa shape index (κ3) is 4.28. The molecule has 1 aromatic heterocycles. The van der Waals surface area contributed by atoms with Gasteiger partial charge in [0.05, 0.1) is 19.7 Å². The number of carbonyl (C=O) groups excluding carboxylic acids is 1. The van der Waals surface area contributed by atoms with E-state index in [0.717, 1.165) is 10.7 Å². The van der Waals surface area contributed by atoms with E-state index >= 15 is 0 Å². The molecule has 0 unspecified atom stereocenters. The molecule has 7 heteroatoms. The zero-order valence-electron chi connectivity index (χ0n) is 11.7. The number of nitrogens with one attached hydrogen (secondary N) is 1. The van der Waals surface area contributed by atoms with Crippen molar-refractivity contribution in [2.75, 3.05) is 7.11 Å². The number of aromatic nitrogens is 1. The summed E-state index contributed by atoms with van der Waals surface area (Å²) in [6.07, 6.45) is 1.65. The van der Waals surface area contributed by atoms with Gasteiger partial charge < -0.3 is 9.84 Å². The molecule has 21 heavy (non-hydrogen) atoms. The molecule has 0 aliphatic rings. The van der Waals surface area contributed by atoms with Crippen LogP contribution < -0.4 is 10.2 Å². The summed E-state index contributed by atoms with van der Waals surface area (Å²) in [6, 6.07) is 4.84. The molecule has 1 aromatic carbocycles. The van der Waals surface area contributed by atoms with E-state index in [0.29, 0.717) is 11.3 Å². The summed E-state index contributed by atoms with van der Waals surface area (Å²) in [7, 11) is 1.48. The number of aromatic hydroxyl groups is 1. The monoisotopic (exact) mass is 305 g/mol. The van der Waals surface area contributed by atoms with Crippen LogP contribution in [0.4, 0.5) is 0 Å². The van der Waals surface area contributed by atoms with Crippen LogP contribution in [0.5, 0.6) is 11.5 Å². The Morgan fingerprint density at radius 3 is 3.00 bits per heavy atom. The highest BCUT2D eigenvalue weighted by Gasteiger charge is 2.05. The number of benzene rings is 1. The number of hydrogen-bond acceptors (Lipinski definition) is 6. The lowest BCUT2D eigenvalue weighted by Crippen LogP contribution is -2.19. The molecule has 6 nitrogen and oxygen atoms in total. The molecule has 2 rings (SSSR count). The Bertz CT molecular complexity index is 667. The first-order valence-corrected chi connectivity index (χ1v) is 7.06. The Labute approximate surface area is 126 Å². The molecule has 0 saturated heterocycles. The number of aryl methyl sites for hydroxylation is 1. The van der Waals surface area contributed by atoms with E-state index in [1.165, 1.54) is 30.7 Å². The van der Waals surface area contributed by atoms with Gasteiger partial charge in [0.25, 0.3) is 0 Å². The normalized spacial score (nSPS) is 10.8. The maximum Gasteiger partial charge on any atom is 0.246 e. The molecular formula is C14H15N3O3S. The zero-order valence-corrected chi connectivity index (χ0v) is 12.5. The minimum atomic E-state index is -0.238. The maximum atomic E-state index is 11.7. The average Bonchev–Trinajstić information content (AvgIpc) is 2.84. The lowest BCUT2D eigenvalue weighted by Gasteiger charge is -2.03. The van der Waals surface area contributed by atoms with E-state index in [9.17, 15) is 9.90 Å².